The lowest BCUT2D eigenvalue weighted by Crippen LogP contribution is -2.45. The summed E-state index contributed by atoms with van der Waals surface area (Å²) in [5, 5.41) is 6.73. The van der Waals surface area contributed by atoms with Crippen LogP contribution in [0.1, 0.15) is 39.0 Å². The minimum Gasteiger partial charge on any atom is -0.357 e. The van der Waals surface area contributed by atoms with Gasteiger partial charge in [0.2, 0.25) is 5.91 Å². The molecule has 23 heavy (non-hydrogen) atoms. The summed E-state index contributed by atoms with van der Waals surface area (Å²) in [6.07, 6.45) is 6.80. The van der Waals surface area contributed by atoms with Crippen molar-refractivity contribution in [3.05, 3.63) is 0 Å². The minimum absolute atomic E-state index is 0.0245. The van der Waals surface area contributed by atoms with E-state index in [1.165, 1.54) is 38.8 Å². The Hall–Kier alpha value is -1.30. The van der Waals surface area contributed by atoms with Gasteiger partial charge in [-0.2, -0.15) is 0 Å². The molecule has 2 N–H and O–H groups in total. The maximum Gasteiger partial charge on any atom is 0.243 e. The van der Waals surface area contributed by atoms with Gasteiger partial charge in [-0.15, -0.1) is 0 Å². The zero-order valence-electron chi connectivity index (χ0n) is 15.0. The molecule has 1 saturated carbocycles. The first-order valence-electron chi connectivity index (χ1n) is 9.05. The van der Waals surface area contributed by atoms with E-state index < -0.39 is 0 Å². The van der Waals surface area contributed by atoms with Crippen molar-refractivity contribution < 1.29 is 4.79 Å². The molecule has 6 heteroatoms. The third-order valence-corrected chi connectivity index (χ3v) is 4.82. The van der Waals surface area contributed by atoms with Crippen molar-refractivity contribution >= 4 is 11.9 Å². The highest BCUT2D eigenvalue weighted by Gasteiger charge is 2.26. The zero-order chi connectivity index (χ0) is 16.7. The van der Waals surface area contributed by atoms with Gasteiger partial charge < -0.3 is 20.4 Å². The summed E-state index contributed by atoms with van der Waals surface area (Å²) in [5.74, 6) is 1.69. The second-order valence-corrected chi connectivity index (χ2v) is 7.02. The van der Waals surface area contributed by atoms with Crippen molar-refractivity contribution in [1.82, 2.24) is 20.4 Å². The summed E-state index contributed by atoms with van der Waals surface area (Å²) < 4.78 is 0. The largest absolute Gasteiger partial charge is 0.357 e. The van der Waals surface area contributed by atoms with Crippen molar-refractivity contribution in [3.63, 3.8) is 0 Å². The van der Waals surface area contributed by atoms with Gasteiger partial charge in [-0.3, -0.25) is 4.79 Å². The number of aliphatic imine (C=N–C) groups is 1. The number of hydrogen-bond acceptors (Lipinski definition) is 3. The molecule has 2 aliphatic rings. The summed E-state index contributed by atoms with van der Waals surface area (Å²) in [6, 6.07) is 0.434. The third kappa shape index (κ3) is 6.01. The van der Waals surface area contributed by atoms with Crippen LogP contribution in [0.25, 0.3) is 0 Å². The normalized spacial score (nSPS) is 23.3. The molecule has 0 aromatic carbocycles. The minimum atomic E-state index is 0.0245. The fourth-order valence-corrected chi connectivity index (χ4v) is 3.48. The number of nitrogens with zero attached hydrogens (tertiary/aromatic N) is 3. The quantitative estimate of drug-likeness (QED) is 0.563. The van der Waals surface area contributed by atoms with E-state index in [1.54, 1.807) is 19.0 Å². The molecule has 0 aromatic heterocycles. The predicted molar refractivity (Wildman–Crippen MR) is 94.6 cm³/mol. The van der Waals surface area contributed by atoms with Gasteiger partial charge in [0, 0.05) is 46.3 Å². The zero-order valence-corrected chi connectivity index (χ0v) is 15.0. The highest BCUT2D eigenvalue weighted by Crippen LogP contribution is 2.26. The smallest absolute Gasteiger partial charge is 0.243 e. The fraction of sp³-hybridized carbons (Fsp3) is 0.882. The number of hydrogen-bond donors (Lipinski definition) is 2. The molecule has 1 aliphatic carbocycles. The molecule has 2 fully saturated rings. The molecular weight excluding hydrogens is 290 g/mol. The standard InChI is InChI=1S/C17H33N5O/c1-4-18-17(19-11-16(23)21(2)3)20-15-9-10-22(13-15)12-14-7-5-6-8-14/h14-15H,4-13H2,1-3H3,(H2,18,19,20). The Morgan fingerprint density at radius 1 is 1.26 bits per heavy atom. The van der Waals surface area contributed by atoms with Crippen molar-refractivity contribution in [1.29, 1.82) is 0 Å². The lowest BCUT2D eigenvalue weighted by Gasteiger charge is -2.21. The molecule has 1 aliphatic heterocycles. The number of carbonyl (C=O) groups excluding carboxylic acids is 1. The van der Waals surface area contributed by atoms with Gasteiger partial charge in [0.05, 0.1) is 0 Å². The summed E-state index contributed by atoms with van der Waals surface area (Å²) in [7, 11) is 3.52. The Kier molecular flexibility index (Phi) is 7.15. The van der Waals surface area contributed by atoms with Crippen LogP contribution in [-0.2, 0) is 4.79 Å². The maximum absolute atomic E-state index is 11.7. The molecule has 1 amide bonds. The van der Waals surface area contributed by atoms with Crippen LogP contribution in [0.3, 0.4) is 0 Å². The highest BCUT2D eigenvalue weighted by molar-refractivity contribution is 5.84. The van der Waals surface area contributed by atoms with E-state index in [9.17, 15) is 4.79 Å². The van der Waals surface area contributed by atoms with Gasteiger partial charge in [-0.1, -0.05) is 12.8 Å². The molecule has 1 atom stereocenters. The number of likely N-dealkylation sites (N-methyl/N-ethyl adjacent to an activating group) is 1. The predicted octanol–water partition coefficient (Wildman–Crippen LogP) is 0.894. The molecule has 1 unspecified atom stereocenters. The first-order valence-corrected chi connectivity index (χ1v) is 9.05. The van der Waals surface area contributed by atoms with E-state index >= 15 is 0 Å². The Morgan fingerprint density at radius 3 is 2.65 bits per heavy atom. The van der Waals surface area contributed by atoms with Crippen LogP contribution in [0.4, 0.5) is 0 Å². The molecule has 0 bridgehead atoms. The summed E-state index contributed by atoms with van der Waals surface area (Å²) in [4.78, 5) is 20.3. The summed E-state index contributed by atoms with van der Waals surface area (Å²) in [6.45, 7) is 6.56. The summed E-state index contributed by atoms with van der Waals surface area (Å²) in [5.41, 5.74) is 0. The Balaban J connectivity index is 1.78. The van der Waals surface area contributed by atoms with Crippen LogP contribution in [-0.4, -0.2) is 74.5 Å². The number of guanidine groups is 1. The van der Waals surface area contributed by atoms with Crippen LogP contribution >= 0.6 is 0 Å². The molecule has 1 saturated heterocycles. The topological polar surface area (TPSA) is 60.0 Å². The van der Waals surface area contributed by atoms with Gasteiger partial charge >= 0.3 is 0 Å². The Morgan fingerprint density at radius 2 is 2.00 bits per heavy atom. The van der Waals surface area contributed by atoms with E-state index in [0.717, 1.165) is 31.4 Å². The summed E-state index contributed by atoms with van der Waals surface area (Å²) >= 11 is 0. The van der Waals surface area contributed by atoms with Crippen molar-refractivity contribution in [2.45, 2.75) is 45.1 Å². The Bertz CT molecular complexity index is 404. The van der Waals surface area contributed by atoms with Crippen LogP contribution in [0.15, 0.2) is 4.99 Å². The number of nitrogens with one attached hydrogen (secondary N) is 2. The number of amides is 1. The second kappa shape index (κ2) is 9.11. The van der Waals surface area contributed by atoms with Crippen molar-refractivity contribution in [2.24, 2.45) is 10.9 Å². The van der Waals surface area contributed by atoms with Crippen molar-refractivity contribution in [3.8, 4) is 0 Å². The molecule has 0 aromatic rings. The molecule has 6 nitrogen and oxygen atoms in total. The first kappa shape index (κ1) is 18.0. The van der Waals surface area contributed by atoms with Crippen LogP contribution in [0, 0.1) is 5.92 Å². The van der Waals surface area contributed by atoms with E-state index in [4.69, 9.17) is 0 Å². The molecule has 0 radical (unpaired) electrons. The Labute approximate surface area is 140 Å². The van der Waals surface area contributed by atoms with E-state index in [1.807, 2.05) is 6.92 Å². The van der Waals surface area contributed by atoms with Gasteiger partial charge in [0.1, 0.15) is 6.54 Å². The SMILES string of the molecule is CCNC(=NCC(=O)N(C)C)NC1CCN(CC2CCCC2)C1. The van der Waals surface area contributed by atoms with Crippen LogP contribution in [0.2, 0.25) is 0 Å². The van der Waals surface area contributed by atoms with Crippen LogP contribution < -0.4 is 10.6 Å². The van der Waals surface area contributed by atoms with Gasteiger partial charge in [0.25, 0.3) is 0 Å². The fourth-order valence-electron chi connectivity index (χ4n) is 3.48. The van der Waals surface area contributed by atoms with E-state index in [2.05, 4.69) is 20.5 Å². The van der Waals surface area contributed by atoms with E-state index in [-0.39, 0.29) is 12.5 Å². The average molecular weight is 323 g/mol. The van der Waals surface area contributed by atoms with Gasteiger partial charge in [-0.25, -0.2) is 4.99 Å². The number of rotatable bonds is 6. The van der Waals surface area contributed by atoms with Gasteiger partial charge in [-0.05, 0) is 32.1 Å². The van der Waals surface area contributed by atoms with Crippen LogP contribution in [0.5, 0.6) is 0 Å². The number of carbonyl (C=O) groups is 1. The van der Waals surface area contributed by atoms with Gasteiger partial charge in [0.15, 0.2) is 5.96 Å². The van der Waals surface area contributed by atoms with Crippen molar-refractivity contribution in [2.75, 3.05) is 46.8 Å². The molecule has 0 spiro atoms. The molecule has 1 heterocycles. The number of likely N-dealkylation sites (tertiary alicyclic amines) is 1. The third-order valence-electron chi connectivity index (χ3n) is 4.82. The highest BCUT2D eigenvalue weighted by atomic mass is 16.2. The first-order chi connectivity index (χ1) is 11.1. The maximum atomic E-state index is 11.7. The average Bonchev–Trinajstić information content (AvgIpc) is 3.17. The molecule has 2 rings (SSSR count). The molecule has 132 valence electrons. The molecular formula is C17H33N5O. The lowest BCUT2D eigenvalue weighted by atomic mass is 10.1. The van der Waals surface area contributed by atoms with E-state index in [0.29, 0.717) is 6.04 Å². The second-order valence-electron chi connectivity index (χ2n) is 7.02. The lowest BCUT2D eigenvalue weighted by molar-refractivity contribution is -0.127. The monoisotopic (exact) mass is 323 g/mol.